The second kappa shape index (κ2) is 8.51. The third kappa shape index (κ3) is 4.62. The molecule has 7 heteroatoms. The number of benzene rings is 1. The molecule has 0 spiro atoms. The fourth-order valence-corrected chi connectivity index (χ4v) is 3.34. The molecule has 0 bridgehead atoms. The zero-order valence-electron chi connectivity index (χ0n) is 14.8. The van der Waals surface area contributed by atoms with Crippen LogP contribution < -0.4 is 14.8 Å². The Morgan fingerprint density at radius 3 is 2.56 bits per heavy atom. The van der Waals surface area contributed by atoms with Crippen molar-refractivity contribution < 1.29 is 23.7 Å². The van der Waals surface area contributed by atoms with Crippen molar-refractivity contribution in [3.05, 3.63) is 18.2 Å². The van der Waals surface area contributed by atoms with Crippen molar-refractivity contribution in [1.29, 1.82) is 0 Å². The number of likely N-dealkylation sites (tertiary alicyclic amines) is 1. The Balaban J connectivity index is 1.50. The van der Waals surface area contributed by atoms with Crippen LogP contribution in [0.5, 0.6) is 11.5 Å². The first-order valence-corrected chi connectivity index (χ1v) is 8.67. The van der Waals surface area contributed by atoms with E-state index in [4.69, 9.17) is 18.9 Å². The first-order chi connectivity index (χ1) is 12.2. The van der Waals surface area contributed by atoms with Crippen LogP contribution in [-0.2, 0) is 14.3 Å². The minimum Gasteiger partial charge on any atom is -0.497 e. The lowest BCUT2D eigenvalue weighted by Gasteiger charge is -2.33. The van der Waals surface area contributed by atoms with Crippen LogP contribution in [-0.4, -0.2) is 64.2 Å². The first kappa shape index (κ1) is 18.0. The van der Waals surface area contributed by atoms with Gasteiger partial charge in [0.1, 0.15) is 11.5 Å². The van der Waals surface area contributed by atoms with E-state index in [-0.39, 0.29) is 12.2 Å². The Morgan fingerprint density at radius 1 is 1.20 bits per heavy atom. The topological polar surface area (TPSA) is 69.3 Å². The number of nitrogens with zero attached hydrogens (tertiary/aromatic N) is 1. The molecule has 2 fully saturated rings. The maximum atomic E-state index is 12.4. The Labute approximate surface area is 148 Å². The van der Waals surface area contributed by atoms with Gasteiger partial charge >= 0.3 is 0 Å². The summed E-state index contributed by atoms with van der Waals surface area (Å²) in [6, 6.07) is 5.34. The number of hydrogen-bond acceptors (Lipinski definition) is 6. The highest BCUT2D eigenvalue weighted by molar-refractivity contribution is 5.94. The summed E-state index contributed by atoms with van der Waals surface area (Å²) in [6.45, 7) is 3.48. The van der Waals surface area contributed by atoms with Crippen molar-refractivity contribution in [2.24, 2.45) is 5.92 Å². The van der Waals surface area contributed by atoms with Crippen LogP contribution in [0.1, 0.15) is 12.8 Å². The first-order valence-electron chi connectivity index (χ1n) is 8.67. The fraction of sp³-hybridized carbons (Fsp3) is 0.611. The minimum atomic E-state index is -0.0583. The van der Waals surface area contributed by atoms with Crippen LogP contribution >= 0.6 is 0 Å². The number of piperidine rings is 1. The van der Waals surface area contributed by atoms with Gasteiger partial charge in [-0.3, -0.25) is 9.69 Å². The van der Waals surface area contributed by atoms with E-state index in [2.05, 4.69) is 10.2 Å². The molecular formula is C18H26N2O5. The maximum Gasteiger partial charge on any atom is 0.238 e. The van der Waals surface area contributed by atoms with E-state index in [1.165, 1.54) is 0 Å². The van der Waals surface area contributed by atoms with E-state index in [0.717, 1.165) is 25.9 Å². The van der Waals surface area contributed by atoms with Gasteiger partial charge in [0, 0.05) is 12.0 Å². The van der Waals surface area contributed by atoms with Crippen LogP contribution in [0.25, 0.3) is 0 Å². The Bertz CT molecular complexity index is 581. The third-order valence-corrected chi connectivity index (χ3v) is 4.71. The molecule has 2 aliphatic rings. The maximum absolute atomic E-state index is 12.4. The Morgan fingerprint density at radius 2 is 1.92 bits per heavy atom. The quantitative estimate of drug-likeness (QED) is 0.843. The molecule has 0 aliphatic carbocycles. The van der Waals surface area contributed by atoms with Gasteiger partial charge in [-0.2, -0.15) is 0 Å². The molecule has 0 unspecified atom stereocenters. The van der Waals surface area contributed by atoms with Crippen molar-refractivity contribution in [2.75, 3.05) is 52.4 Å². The van der Waals surface area contributed by atoms with Gasteiger partial charge in [-0.05, 0) is 38.1 Å². The molecule has 1 amide bonds. The lowest BCUT2D eigenvalue weighted by Crippen LogP contribution is -2.41. The predicted octanol–water partition coefficient (Wildman–Crippen LogP) is 1.73. The average Bonchev–Trinajstić information content (AvgIpc) is 3.17. The highest BCUT2D eigenvalue weighted by Gasteiger charge is 2.30. The monoisotopic (exact) mass is 350 g/mol. The zero-order valence-corrected chi connectivity index (χ0v) is 14.8. The molecule has 138 valence electrons. The third-order valence-electron chi connectivity index (χ3n) is 4.71. The molecular weight excluding hydrogens is 324 g/mol. The van der Waals surface area contributed by atoms with Gasteiger partial charge in [-0.15, -0.1) is 0 Å². The van der Waals surface area contributed by atoms with Gasteiger partial charge < -0.3 is 24.3 Å². The summed E-state index contributed by atoms with van der Waals surface area (Å²) in [6.07, 6.45) is 1.91. The standard InChI is InChI=1S/C18H26N2O5/c1-22-14-3-4-16(23-2)15(11-14)19-17(21)12-20-7-5-13(6-8-20)18-24-9-10-25-18/h3-4,11,13,18H,5-10,12H2,1-2H3,(H,19,21). The van der Waals surface area contributed by atoms with Gasteiger partial charge in [-0.1, -0.05) is 0 Å². The molecule has 0 atom stereocenters. The van der Waals surface area contributed by atoms with Crippen molar-refractivity contribution >= 4 is 11.6 Å². The molecule has 7 nitrogen and oxygen atoms in total. The largest absolute Gasteiger partial charge is 0.497 e. The summed E-state index contributed by atoms with van der Waals surface area (Å²) in [7, 11) is 3.17. The van der Waals surface area contributed by atoms with Crippen molar-refractivity contribution in [3.63, 3.8) is 0 Å². The van der Waals surface area contributed by atoms with Crippen molar-refractivity contribution in [2.45, 2.75) is 19.1 Å². The molecule has 1 aromatic carbocycles. The number of rotatable bonds is 6. The van der Waals surface area contributed by atoms with Gasteiger partial charge in [0.15, 0.2) is 6.29 Å². The molecule has 2 heterocycles. The summed E-state index contributed by atoms with van der Waals surface area (Å²) in [5.41, 5.74) is 0.620. The summed E-state index contributed by atoms with van der Waals surface area (Å²) in [5, 5.41) is 2.91. The molecule has 0 radical (unpaired) electrons. The number of nitrogens with one attached hydrogen (secondary N) is 1. The molecule has 25 heavy (non-hydrogen) atoms. The molecule has 0 saturated carbocycles. The number of hydrogen-bond donors (Lipinski definition) is 1. The Kier molecular flexibility index (Phi) is 6.12. The smallest absolute Gasteiger partial charge is 0.238 e. The highest BCUT2D eigenvalue weighted by Crippen LogP contribution is 2.29. The summed E-state index contributed by atoms with van der Waals surface area (Å²) < 4.78 is 21.7. The predicted molar refractivity (Wildman–Crippen MR) is 93.0 cm³/mol. The van der Waals surface area contributed by atoms with Crippen molar-refractivity contribution in [1.82, 2.24) is 4.90 Å². The second-order valence-corrected chi connectivity index (χ2v) is 6.34. The number of anilines is 1. The molecule has 2 saturated heterocycles. The van der Waals surface area contributed by atoms with Gasteiger partial charge in [0.2, 0.25) is 5.91 Å². The second-order valence-electron chi connectivity index (χ2n) is 6.34. The van der Waals surface area contributed by atoms with E-state index >= 15 is 0 Å². The molecule has 1 N–H and O–H groups in total. The molecule has 1 aromatic rings. The normalized spacial score (nSPS) is 19.8. The van der Waals surface area contributed by atoms with Crippen LogP contribution in [0.2, 0.25) is 0 Å². The van der Waals surface area contributed by atoms with E-state index in [9.17, 15) is 4.79 Å². The average molecular weight is 350 g/mol. The van der Waals surface area contributed by atoms with Gasteiger partial charge in [0.25, 0.3) is 0 Å². The number of ether oxygens (including phenoxy) is 4. The summed E-state index contributed by atoms with van der Waals surface area (Å²) in [4.78, 5) is 14.5. The van der Waals surface area contributed by atoms with Crippen LogP contribution in [0.3, 0.4) is 0 Å². The number of carbonyl (C=O) groups excluding carboxylic acids is 1. The lowest BCUT2D eigenvalue weighted by atomic mass is 9.96. The van der Waals surface area contributed by atoms with Crippen molar-refractivity contribution in [3.8, 4) is 11.5 Å². The molecule has 2 aliphatic heterocycles. The lowest BCUT2D eigenvalue weighted by molar-refractivity contribution is -0.119. The van der Waals surface area contributed by atoms with Crippen LogP contribution in [0, 0.1) is 5.92 Å². The summed E-state index contributed by atoms with van der Waals surface area (Å²) >= 11 is 0. The fourth-order valence-electron chi connectivity index (χ4n) is 3.34. The van der Waals surface area contributed by atoms with Crippen LogP contribution in [0.15, 0.2) is 18.2 Å². The van der Waals surface area contributed by atoms with Gasteiger partial charge in [0.05, 0.1) is 39.7 Å². The number of amides is 1. The Hall–Kier alpha value is -1.83. The van der Waals surface area contributed by atoms with Crippen LogP contribution in [0.4, 0.5) is 5.69 Å². The van der Waals surface area contributed by atoms with E-state index in [1.807, 2.05) is 0 Å². The number of methoxy groups -OCH3 is 2. The minimum absolute atomic E-state index is 0.0571. The summed E-state index contributed by atoms with van der Waals surface area (Å²) in [5.74, 6) is 1.66. The van der Waals surface area contributed by atoms with E-state index in [0.29, 0.717) is 42.9 Å². The molecule has 3 rings (SSSR count). The van der Waals surface area contributed by atoms with E-state index < -0.39 is 0 Å². The zero-order chi connectivity index (χ0) is 17.6. The molecule has 0 aromatic heterocycles. The highest BCUT2D eigenvalue weighted by atomic mass is 16.7. The van der Waals surface area contributed by atoms with E-state index in [1.54, 1.807) is 32.4 Å². The van der Waals surface area contributed by atoms with Gasteiger partial charge in [-0.25, -0.2) is 0 Å². The number of carbonyl (C=O) groups is 1. The SMILES string of the molecule is COc1ccc(OC)c(NC(=O)CN2CCC(C3OCCO3)CC2)c1.